The van der Waals surface area contributed by atoms with E-state index in [1.807, 2.05) is 30.3 Å². The maximum atomic E-state index is 12.1. The summed E-state index contributed by atoms with van der Waals surface area (Å²) in [4.78, 5) is 11.0. The molecule has 28 heavy (non-hydrogen) atoms. The van der Waals surface area contributed by atoms with E-state index in [4.69, 9.17) is 5.11 Å². The molecule has 6 nitrogen and oxygen atoms in total. The average Bonchev–Trinajstić information content (AvgIpc) is 2.62. The van der Waals surface area contributed by atoms with Gasteiger partial charge >= 0.3 is 12.5 Å². The van der Waals surface area contributed by atoms with E-state index in [2.05, 4.69) is 15.4 Å². The molecule has 0 heterocycles. The van der Waals surface area contributed by atoms with Crippen LogP contribution in [-0.2, 0) is 13.0 Å². The van der Waals surface area contributed by atoms with Gasteiger partial charge in [-0.1, -0.05) is 42.5 Å². The molecule has 4 N–H and O–H groups in total. The number of carbonyl (C=O) groups is 1. The summed E-state index contributed by atoms with van der Waals surface area (Å²) in [6, 6.07) is 13.8. The van der Waals surface area contributed by atoms with Gasteiger partial charge in [-0.15, -0.1) is 13.2 Å². The molecule has 2 rings (SSSR count). The Morgan fingerprint density at radius 1 is 1.04 bits per heavy atom. The van der Waals surface area contributed by atoms with Gasteiger partial charge in [0.1, 0.15) is 5.75 Å². The molecule has 0 aliphatic rings. The summed E-state index contributed by atoms with van der Waals surface area (Å²) in [6.07, 6.45) is -6.65. The minimum Gasteiger partial charge on any atom is -0.465 e. The van der Waals surface area contributed by atoms with E-state index >= 15 is 0 Å². The molecule has 0 aliphatic heterocycles. The van der Waals surface area contributed by atoms with Gasteiger partial charge < -0.3 is 25.6 Å². The van der Waals surface area contributed by atoms with E-state index in [0.29, 0.717) is 12.0 Å². The number of aliphatic hydroxyl groups is 1. The van der Waals surface area contributed by atoms with Crippen LogP contribution in [0.15, 0.2) is 54.6 Å². The van der Waals surface area contributed by atoms with Crippen LogP contribution in [0.1, 0.15) is 11.1 Å². The lowest BCUT2D eigenvalue weighted by Gasteiger charge is -2.23. The van der Waals surface area contributed by atoms with Gasteiger partial charge in [0.05, 0.1) is 12.1 Å². The molecule has 0 saturated heterocycles. The highest BCUT2D eigenvalue weighted by Gasteiger charge is 2.30. The second kappa shape index (κ2) is 9.95. The Morgan fingerprint density at radius 3 is 2.25 bits per heavy atom. The molecule has 2 aromatic carbocycles. The second-order valence-corrected chi connectivity index (χ2v) is 6.14. The van der Waals surface area contributed by atoms with Crippen molar-refractivity contribution >= 4 is 6.09 Å². The maximum Gasteiger partial charge on any atom is 0.573 e. The Morgan fingerprint density at radius 2 is 1.68 bits per heavy atom. The monoisotopic (exact) mass is 398 g/mol. The summed E-state index contributed by atoms with van der Waals surface area (Å²) in [5.74, 6) is -0.315. The summed E-state index contributed by atoms with van der Waals surface area (Å²) in [5, 5.41) is 24.6. The van der Waals surface area contributed by atoms with Crippen LogP contribution in [0.3, 0.4) is 0 Å². The third kappa shape index (κ3) is 7.85. The van der Waals surface area contributed by atoms with Crippen LogP contribution >= 0.6 is 0 Å². The van der Waals surface area contributed by atoms with Crippen LogP contribution in [0.4, 0.5) is 18.0 Å². The Bertz CT molecular complexity index is 739. The molecular formula is C19H21F3N2O4. The van der Waals surface area contributed by atoms with Crippen LogP contribution in [0.2, 0.25) is 0 Å². The summed E-state index contributed by atoms with van der Waals surface area (Å²) in [7, 11) is 0. The summed E-state index contributed by atoms with van der Waals surface area (Å²) in [6.45, 7) is 0.382. The molecule has 2 atom stereocenters. The molecule has 0 aliphatic carbocycles. The number of aliphatic hydroxyl groups excluding tert-OH is 1. The Labute approximate surface area is 160 Å². The van der Waals surface area contributed by atoms with E-state index in [1.165, 1.54) is 24.3 Å². The third-order valence-electron chi connectivity index (χ3n) is 3.91. The molecule has 0 aromatic heterocycles. The van der Waals surface area contributed by atoms with Crippen LogP contribution in [0.25, 0.3) is 0 Å². The molecule has 0 saturated carbocycles. The zero-order valence-electron chi connectivity index (χ0n) is 14.8. The first-order chi connectivity index (χ1) is 13.2. The first-order valence-corrected chi connectivity index (χ1v) is 8.50. The van der Waals surface area contributed by atoms with Gasteiger partial charge in [0, 0.05) is 13.1 Å². The van der Waals surface area contributed by atoms with Crippen LogP contribution in [0, 0.1) is 0 Å². The van der Waals surface area contributed by atoms with E-state index in [0.717, 1.165) is 5.56 Å². The predicted octanol–water partition coefficient (Wildman–Crippen LogP) is 2.91. The quantitative estimate of drug-likeness (QED) is 0.522. The summed E-state index contributed by atoms with van der Waals surface area (Å²) < 4.78 is 40.2. The molecule has 0 bridgehead atoms. The predicted molar refractivity (Wildman–Crippen MR) is 95.9 cm³/mol. The van der Waals surface area contributed by atoms with Crippen LogP contribution in [-0.4, -0.2) is 41.4 Å². The van der Waals surface area contributed by atoms with E-state index in [9.17, 15) is 23.1 Å². The number of hydrogen-bond acceptors (Lipinski definition) is 4. The van der Waals surface area contributed by atoms with Crippen molar-refractivity contribution in [3.8, 4) is 5.75 Å². The van der Waals surface area contributed by atoms with E-state index in [1.54, 1.807) is 0 Å². The van der Waals surface area contributed by atoms with Gasteiger partial charge in [0.2, 0.25) is 0 Å². The lowest BCUT2D eigenvalue weighted by molar-refractivity contribution is -0.274. The van der Waals surface area contributed by atoms with Gasteiger partial charge in [-0.2, -0.15) is 0 Å². The molecule has 0 fully saturated rings. The molecule has 0 radical (unpaired) electrons. The number of benzene rings is 2. The number of rotatable bonds is 9. The van der Waals surface area contributed by atoms with Gasteiger partial charge in [-0.3, -0.25) is 0 Å². The van der Waals surface area contributed by atoms with Crippen molar-refractivity contribution < 1.29 is 32.9 Å². The first-order valence-electron chi connectivity index (χ1n) is 8.50. The zero-order valence-corrected chi connectivity index (χ0v) is 14.8. The average molecular weight is 398 g/mol. The molecular weight excluding hydrogens is 377 g/mol. The van der Waals surface area contributed by atoms with Gasteiger partial charge in [-0.25, -0.2) is 4.79 Å². The van der Waals surface area contributed by atoms with Gasteiger partial charge in [0.25, 0.3) is 0 Å². The highest BCUT2D eigenvalue weighted by molar-refractivity contribution is 5.65. The number of ether oxygens (including phenoxy) is 1. The van der Waals surface area contributed by atoms with Crippen molar-refractivity contribution in [1.82, 2.24) is 10.6 Å². The fourth-order valence-electron chi connectivity index (χ4n) is 2.63. The number of amides is 1. The van der Waals surface area contributed by atoms with Crippen LogP contribution in [0.5, 0.6) is 5.75 Å². The zero-order chi connectivity index (χ0) is 20.6. The van der Waals surface area contributed by atoms with Crippen molar-refractivity contribution in [2.75, 3.05) is 6.54 Å². The number of hydrogen-bond donors (Lipinski definition) is 4. The lowest BCUT2D eigenvalue weighted by Crippen LogP contribution is -2.48. The molecule has 2 aromatic rings. The lowest BCUT2D eigenvalue weighted by atomic mass is 10.0. The molecule has 0 spiro atoms. The fraction of sp³-hybridized carbons (Fsp3) is 0.316. The van der Waals surface area contributed by atoms with Crippen molar-refractivity contribution in [3.05, 3.63) is 65.7 Å². The SMILES string of the molecule is O=C(O)N[C@@H](Cc1ccccc1)[C@@H](O)CNCc1ccc(OC(F)(F)F)cc1. The first kappa shape index (κ1) is 21.5. The third-order valence-corrected chi connectivity index (χ3v) is 3.91. The van der Waals surface area contributed by atoms with Crippen molar-refractivity contribution in [2.24, 2.45) is 0 Å². The Hall–Kier alpha value is -2.78. The molecule has 152 valence electrons. The van der Waals surface area contributed by atoms with E-state index in [-0.39, 0.29) is 18.8 Å². The topological polar surface area (TPSA) is 90.8 Å². The molecule has 1 amide bonds. The second-order valence-electron chi connectivity index (χ2n) is 6.14. The largest absolute Gasteiger partial charge is 0.573 e. The highest BCUT2D eigenvalue weighted by Crippen LogP contribution is 2.22. The minimum atomic E-state index is -4.74. The Kier molecular flexibility index (Phi) is 7.65. The highest BCUT2D eigenvalue weighted by atomic mass is 19.4. The van der Waals surface area contributed by atoms with Crippen LogP contribution < -0.4 is 15.4 Å². The smallest absolute Gasteiger partial charge is 0.465 e. The fourth-order valence-corrected chi connectivity index (χ4v) is 2.63. The number of alkyl halides is 3. The number of halogens is 3. The number of nitrogens with one attached hydrogen (secondary N) is 2. The van der Waals surface area contributed by atoms with Gasteiger partial charge in [-0.05, 0) is 29.7 Å². The standard InChI is InChI=1S/C19H21F3N2O4/c20-19(21,22)28-15-8-6-14(7-9-15)11-23-12-17(25)16(24-18(26)27)10-13-4-2-1-3-5-13/h1-9,16-17,23-25H,10-12H2,(H,26,27)/t16-,17-/m0/s1. The molecule has 9 heteroatoms. The minimum absolute atomic E-state index is 0.0958. The summed E-state index contributed by atoms with van der Waals surface area (Å²) >= 11 is 0. The van der Waals surface area contributed by atoms with Gasteiger partial charge in [0.15, 0.2) is 0 Å². The summed E-state index contributed by atoms with van der Waals surface area (Å²) in [5.41, 5.74) is 1.56. The number of carboxylic acid groups (broad SMARTS) is 1. The normalized spacial score (nSPS) is 13.6. The molecule has 0 unspecified atom stereocenters. The maximum absolute atomic E-state index is 12.1. The Balaban J connectivity index is 1.86. The van der Waals surface area contributed by atoms with Crippen molar-refractivity contribution in [2.45, 2.75) is 31.5 Å². The van der Waals surface area contributed by atoms with E-state index < -0.39 is 24.6 Å². The van der Waals surface area contributed by atoms with Crippen molar-refractivity contribution in [1.29, 1.82) is 0 Å². The van der Waals surface area contributed by atoms with Crippen molar-refractivity contribution in [3.63, 3.8) is 0 Å².